The van der Waals surface area contributed by atoms with E-state index in [2.05, 4.69) is 11.8 Å². The average molecular weight is 282 g/mol. The second kappa shape index (κ2) is 13.9. The first-order valence-electron chi connectivity index (χ1n) is 7.35. The van der Waals surface area contributed by atoms with Crippen LogP contribution < -0.4 is 0 Å². The largest absolute Gasteiger partial charge is 0.466 e. The van der Waals surface area contributed by atoms with E-state index in [1.165, 1.54) is 39.5 Å². The Labute approximate surface area is 122 Å². The van der Waals surface area contributed by atoms with Crippen molar-refractivity contribution in [3.05, 3.63) is 0 Å². The van der Waals surface area contributed by atoms with Crippen LogP contribution in [0.15, 0.2) is 0 Å². The van der Waals surface area contributed by atoms with E-state index in [1.54, 1.807) is 0 Å². The minimum Gasteiger partial charge on any atom is -0.466 e. The van der Waals surface area contributed by atoms with Crippen molar-refractivity contribution >= 4 is 11.9 Å². The van der Waals surface area contributed by atoms with E-state index in [0.29, 0.717) is 6.61 Å². The van der Waals surface area contributed by atoms with Crippen LogP contribution in [0.5, 0.6) is 0 Å². The van der Waals surface area contributed by atoms with E-state index in [4.69, 9.17) is 9.47 Å². The maximum atomic E-state index is 10.5. The van der Waals surface area contributed by atoms with Gasteiger partial charge in [0.25, 0.3) is 0 Å². The van der Waals surface area contributed by atoms with Crippen molar-refractivity contribution in [3.8, 4) is 11.8 Å². The second-order valence-corrected chi connectivity index (χ2v) is 4.70. The zero-order chi connectivity index (χ0) is 15.1. The third kappa shape index (κ3) is 16.5. The van der Waals surface area contributed by atoms with Gasteiger partial charge in [0.05, 0.1) is 6.61 Å². The lowest BCUT2D eigenvalue weighted by molar-refractivity contribution is -0.141. The van der Waals surface area contributed by atoms with Gasteiger partial charge < -0.3 is 9.47 Å². The molecule has 0 aromatic rings. The molecule has 0 rings (SSSR count). The number of rotatable bonds is 10. The molecule has 0 N–H and O–H groups in total. The zero-order valence-corrected chi connectivity index (χ0v) is 12.7. The summed E-state index contributed by atoms with van der Waals surface area (Å²) in [7, 11) is 0. The Bertz CT molecular complexity index is 325. The normalized spacial score (nSPS) is 9.50. The van der Waals surface area contributed by atoms with Crippen molar-refractivity contribution in [2.45, 2.75) is 65.2 Å². The van der Waals surface area contributed by atoms with E-state index in [1.807, 2.05) is 0 Å². The standard InChI is InChI=1S/C16H26O4/c1-15(17)19-13-11-9-7-5-3-4-6-8-10-12-14-20-16(2)18/h3-9,11,13-14H2,1-2H3. The first kappa shape index (κ1) is 18.5. The first-order chi connectivity index (χ1) is 9.63. The molecule has 0 amide bonds. The summed E-state index contributed by atoms with van der Waals surface area (Å²) < 4.78 is 9.57. The molecule has 4 heteroatoms. The fourth-order valence-electron chi connectivity index (χ4n) is 1.69. The Morgan fingerprint density at radius 1 is 0.750 bits per heavy atom. The minimum atomic E-state index is -0.284. The highest BCUT2D eigenvalue weighted by Crippen LogP contribution is 2.08. The Kier molecular flexibility index (Phi) is 12.9. The van der Waals surface area contributed by atoms with Gasteiger partial charge in [0.2, 0.25) is 0 Å². The maximum Gasteiger partial charge on any atom is 0.303 e. The average Bonchev–Trinajstić information content (AvgIpc) is 2.38. The van der Waals surface area contributed by atoms with Gasteiger partial charge in [-0.15, -0.1) is 0 Å². The lowest BCUT2D eigenvalue weighted by atomic mass is 10.1. The van der Waals surface area contributed by atoms with Crippen LogP contribution in [-0.2, 0) is 19.1 Å². The van der Waals surface area contributed by atoms with Crippen molar-refractivity contribution in [2.75, 3.05) is 13.2 Å². The van der Waals surface area contributed by atoms with Gasteiger partial charge in [-0.3, -0.25) is 9.59 Å². The fourth-order valence-corrected chi connectivity index (χ4v) is 1.69. The first-order valence-corrected chi connectivity index (χ1v) is 7.35. The molecule has 0 heterocycles. The van der Waals surface area contributed by atoms with Crippen LogP contribution in [0, 0.1) is 11.8 Å². The molecular weight excluding hydrogens is 256 g/mol. The van der Waals surface area contributed by atoms with Gasteiger partial charge in [-0.25, -0.2) is 0 Å². The summed E-state index contributed by atoms with van der Waals surface area (Å²) in [6.45, 7) is 3.58. The van der Waals surface area contributed by atoms with Gasteiger partial charge in [-0.2, -0.15) is 0 Å². The van der Waals surface area contributed by atoms with Gasteiger partial charge in [-0.1, -0.05) is 43.9 Å². The fraction of sp³-hybridized carbons (Fsp3) is 0.750. The number of hydrogen-bond donors (Lipinski definition) is 0. The molecule has 0 saturated heterocycles. The lowest BCUT2D eigenvalue weighted by Gasteiger charge is -2.02. The molecule has 0 bridgehead atoms. The molecule has 0 atom stereocenters. The highest BCUT2D eigenvalue weighted by Gasteiger charge is 1.94. The van der Waals surface area contributed by atoms with Crippen molar-refractivity contribution < 1.29 is 19.1 Å². The number of carbonyl (C=O) groups is 2. The minimum absolute atomic E-state index is 0.195. The Balaban J connectivity index is 3.13. The van der Waals surface area contributed by atoms with Crippen LogP contribution in [0.2, 0.25) is 0 Å². The summed E-state index contributed by atoms with van der Waals surface area (Å²) in [5, 5.41) is 0. The summed E-state index contributed by atoms with van der Waals surface area (Å²) in [6, 6.07) is 0. The number of carbonyl (C=O) groups excluding carboxylic acids is 2. The van der Waals surface area contributed by atoms with Crippen molar-refractivity contribution in [1.29, 1.82) is 0 Å². The Hall–Kier alpha value is -1.50. The summed E-state index contributed by atoms with van der Waals surface area (Å²) >= 11 is 0. The molecule has 0 aliphatic rings. The molecule has 0 aromatic heterocycles. The molecule has 0 fully saturated rings. The van der Waals surface area contributed by atoms with Crippen LogP contribution in [0.1, 0.15) is 65.2 Å². The van der Waals surface area contributed by atoms with E-state index in [-0.39, 0.29) is 18.5 Å². The second-order valence-electron chi connectivity index (χ2n) is 4.70. The van der Waals surface area contributed by atoms with E-state index in [9.17, 15) is 9.59 Å². The molecular formula is C16H26O4. The highest BCUT2D eigenvalue weighted by molar-refractivity contribution is 5.66. The van der Waals surface area contributed by atoms with E-state index >= 15 is 0 Å². The van der Waals surface area contributed by atoms with Crippen LogP contribution in [0.3, 0.4) is 0 Å². The van der Waals surface area contributed by atoms with Crippen LogP contribution >= 0.6 is 0 Å². The number of ether oxygens (including phenoxy) is 2. The summed E-state index contributed by atoms with van der Waals surface area (Å²) in [4.78, 5) is 21.0. The molecule has 0 saturated carbocycles. The van der Waals surface area contributed by atoms with E-state index < -0.39 is 0 Å². The summed E-state index contributed by atoms with van der Waals surface area (Å²) in [5.74, 6) is 5.33. The molecule has 114 valence electrons. The van der Waals surface area contributed by atoms with Crippen LogP contribution in [0.25, 0.3) is 0 Å². The molecule has 0 aromatic carbocycles. The van der Waals surface area contributed by atoms with Gasteiger partial charge in [-0.05, 0) is 12.8 Å². The number of hydrogen-bond acceptors (Lipinski definition) is 4. The zero-order valence-electron chi connectivity index (χ0n) is 12.7. The Morgan fingerprint density at radius 2 is 1.30 bits per heavy atom. The lowest BCUT2D eigenvalue weighted by Crippen LogP contribution is -2.00. The summed E-state index contributed by atoms with van der Waals surface area (Å²) in [5.41, 5.74) is 0. The molecule has 0 aliphatic carbocycles. The third-order valence-electron chi connectivity index (χ3n) is 2.72. The molecule has 0 radical (unpaired) electrons. The Morgan fingerprint density at radius 3 is 1.90 bits per heavy atom. The molecule has 4 nitrogen and oxygen atoms in total. The topological polar surface area (TPSA) is 52.6 Å². The van der Waals surface area contributed by atoms with E-state index in [0.717, 1.165) is 25.7 Å². The maximum absolute atomic E-state index is 10.5. The predicted molar refractivity (Wildman–Crippen MR) is 78.0 cm³/mol. The SMILES string of the molecule is CC(=O)OCC#CCCCCCCCCCOC(C)=O. The predicted octanol–water partition coefficient (Wildman–Crippen LogP) is 3.24. The number of esters is 2. The molecule has 0 spiro atoms. The molecule has 0 unspecified atom stereocenters. The number of unbranched alkanes of at least 4 members (excludes halogenated alkanes) is 7. The van der Waals surface area contributed by atoms with Gasteiger partial charge in [0.1, 0.15) is 0 Å². The third-order valence-corrected chi connectivity index (χ3v) is 2.72. The highest BCUT2D eigenvalue weighted by atomic mass is 16.5. The van der Waals surface area contributed by atoms with Gasteiger partial charge in [0.15, 0.2) is 6.61 Å². The van der Waals surface area contributed by atoms with Gasteiger partial charge in [0, 0.05) is 20.3 Å². The van der Waals surface area contributed by atoms with Gasteiger partial charge >= 0.3 is 11.9 Å². The summed E-state index contributed by atoms with van der Waals surface area (Å²) in [6.07, 6.45) is 8.87. The van der Waals surface area contributed by atoms with Crippen molar-refractivity contribution in [3.63, 3.8) is 0 Å². The van der Waals surface area contributed by atoms with Crippen molar-refractivity contribution in [1.82, 2.24) is 0 Å². The van der Waals surface area contributed by atoms with Crippen molar-refractivity contribution in [2.24, 2.45) is 0 Å². The van der Waals surface area contributed by atoms with Crippen LogP contribution in [-0.4, -0.2) is 25.2 Å². The molecule has 20 heavy (non-hydrogen) atoms. The monoisotopic (exact) mass is 282 g/mol. The quantitative estimate of drug-likeness (QED) is 0.351. The smallest absolute Gasteiger partial charge is 0.303 e. The molecule has 0 aliphatic heterocycles. The van der Waals surface area contributed by atoms with Crippen LogP contribution in [0.4, 0.5) is 0 Å².